The van der Waals surface area contributed by atoms with Crippen molar-refractivity contribution < 1.29 is 0 Å². The third-order valence-electron chi connectivity index (χ3n) is 3.55. The van der Waals surface area contributed by atoms with Gasteiger partial charge in [-0.25, -0.2) is 4.98 Å². The van der Waals surface area contributed by atoms with Crippen LogP contribution in [0.4, 0.5) is 0 Å². The molecule has 2 aromatic heterocycles. The molecule has 0 saturated heterocycles. The van der Waals surface area contributed by atoms with Crippen LogP contribution >= 0.6 is 11.3 Å². The maximum absolute atomic E-state index is 4.34. The summed E-state index contributed by atoms with van der Waals surface area (Å²) in [5.74, 6) is 0. The van der Waals surface area contributed by atoms with Crippen LogP contribution in [0.2, 0.25) is 0 Å². The van der Waals surface area contributed by atoms with Crippen LogP contribution in [-0.4, -0.2) is 15.6 Å². The minimum atomic E-state index is 0.507. The van der Waals surface area contributed by atoms with Crippen molar-refractivity contribution >= 4 is 22.2 Å². The van der Waals surface area contributed by atoms with E-state index in [1.54, 1.807) is 11.3 Å². The molecule has 0 fully saturated rings. The maximum Gasteiger partial charge on any atom is 0.0897 e. The molecule has 0 spiro atoms. The second-order valence-electron chi connectivity index (χ2n) is 5.72. The van der Waals surface area contributed by atoms with Crippen molar-refractivity contribution in [3.05, 3.63) is 52.1 Å². The number of fused-ring (bicyclic) bond motifs is 1. The van der Waals surface area contributed by atoms with Crippen LogP contribution in [0.25, 0.3) is 10.9 Å². The number of rotatable bonds is 5. The minimum absolute atomic E-state index is 0.507. The molecule has 0 aliphatic heterocycles. The van der Waals surface area contributed by atoms with Gasteiger partial charge >= 0.3 is 0 Å². The van der Waals surface area contributed by atoms with Gasteiger partial charge < -0.3 is 9.88 Å². The molecular formula is C17H21N3S. The Hall–Kier alpha value is -1.65. The van der Waals surface area contributed by atoms with E-state index in [9.17, 15) is 0 Å². The van der Waals surface area contributed by atoms with Crippen LogP contribution in [0.15, 0.2) is 36.7 Å². The third kappa shape index (κ3) is 3.34. The van der Waals surface area contributed by atoms with Gasteiger partial charge in [-0.15, -0.1) is 11.3 Å². The Morgan fingerprint density at radius 3 is 2.86 bits per heavy atom. The number of aryl methyl sites for hydroxylation is 1. The van der Waals surface area contributed by atoms with Crippen LogP contribution in [0.5, 0.6) is 0 Å². The van der Waals surface area contributed by atoms with Crippen molar-refractivity contribution in [1.29, 1.82) is 0 Å². The smallest absolute Gasteiger partial charge is 0.0897 e. The van der Waals surface area contributed by atoms with Crippen molar-refractivity contribution in [3.63, 3.8) is 0 Å². The standard InChI is InChI=1S/C17H21N3S/c1-12(2)18-9-14-4-5-15-6-7-20(17(15)8-14)11-16-10-19-13(3)21-16/h4-8,10,12,18H,9,11H2,1-3H3. The van der Waals surface area contributed by atoms with E-state index in [-0.39, 0.29) is 0 Å². The first-order valence-electron chi connectivity index (χ1n) is 7.34. The monoisotopic (exact) mass is 299 g/mol. The number of thiazole rings is 1. The molecule has 0 amide bonds. The van der Waals surface area contributed by atoms with Gasteiger partial charge in [0.2, 0.25) is 0 Å². The average Bonchev–Trinajstić information content (AvgIpc) is 3.04. The largest absolute Gasteiger partial charge is 0.342 e. The Morgan fingerprint density at radius 2 is 2.14 bits per heavy atom. The van der Waals surface area contributed by atoms with Gasteiger partial charge in [0.1, 0.15) is 0 Å². The number of nitrogens with one attached hydrogen (secondary N) is 1. The van der Waals surface area contributed by atoms with Gasteiger partial charge in [-0.3, -0.25) is 0 Å². The predicted octanol–water partition coefficient (Wildman–Crippen LogP) is 3.95. The van der Waals surface area contributed by atoms with Crippen LogP contribution in [0, 0.1) is 6.92 Å². The van der Waals surface area contributed by atoms with Gasteiger partial charge in [-0.1, -0.05) is 26.0 Å². The third-order valence-corrected chi connectivity index (χ3v) is 4.45. The molecule has 0 atom stereocenters. The van der Waals surface area contributed by atoms with Gasteiger partial charge in [-0.05, 0) is 30.0 Å². The van der Waals surface area contributed by atoms with E-state index >= 15 is 0 Å². The van der Waals surface area contributed by atoms with E-state index in [1.807, 2.05) is 6.20 Å². The summed E-state index contributed by atoms with van der Waals surface area (Å²) in [6.07, 6.45) is 4.15. The fraction of sp³-hybridized carbons (Fsp3) is 0.353. The van der Waals surface area contributed by atoms with Gasteiger partial charge in [0.05, 0.1) is 11.6 Å². The van der Waals surface area contributed by atoms with Crippen LogP contribution in [-0.2, 0) is 13.1 Å². The summed E-state index contributed by atoms with van der Waals surface area (Å²) in [6.45, 7) is 8.22. The van der Waals surface area contributed by atoms with Crippen LogP contribution in [0.1, 0.15) is 29.3 Å². The molecule has 0 saturated carbocycles. The Morgan fingerprint density at radius 1 is 1.29 bits per heavy atom. The molecule has 2 heterocycles. The Balaban J connectivity index is 1.86. The van der Waals surface area contributed by atoms with E-state index in [4.69, 9.17) is 0 Å². The number of benzene rings is 1. The molecular weight excluding hydrogens is 278 g/mol. The highest BCUT2D eigenvalue weighted by Crippen LogP contribution is 2.21. The van der Waals surface area contributed by atoms with Crippen molar-refractivity contribution in [2.75, 3.05) is 0 Å². The molecule has 0 radical (unpaired) electrons. The van der Waals surface area contributed by atoms with Gasteiger partial charge in [-0.2, -0.15) is 0 Å². The fourth-order valence-corrected chi connectivity index (χ4v) is 3.24. The van der Waals surface area contributed by atoms with E-state index < -0.39 is 0 Å². The highest BCUT2D eigenvalue weighted by atomic mass is 32.1. The predicted molar refractivity (Wildman–Crippen MR) is 89.9 cm³/mol. The summed E-state index contributed by atoms with van der Waals surface area (Å²) in [5.41, 5.74) is 2.63. The van der Waals surface area contributed by atoms with E-state index in [1.165, 1.54) is 21.3 Å². The molecule has 0 bridgehead atoms. The van der Waals surface area contributed by atoms with E-state index in [0.717, 1.165) is 18.1 Å². The molecule has 3 rings (SSSR count). The maximum atomic E-state index is 4.34. The molecule has 4 heteroatoms. The van der Waals surface area contributed by atoms with Gasteiger partial charge in [0, 0.05) is 35.4 Å². The van der Waals surface area contributed by atoms with Gasteiger partial charge in [0.25, 0.3) is 0 Å². The molecule has 21 heavy (non-hydrogen) atoms. The van der Waals surface area contributed by atoms with Crippen molar-refractivity contribution in [1.82, 2.24) is 14.9 Å². The lowest BCUT2D eigenvalue weighted by Crippen LogP contribution is -2.21. The zero-order valence-electron chi connectivity index (χ0n) is 12.8. The summed E-state index contributed by atoms with van der Waals surface area (Å²) in [5, 5.41) is 5.90. The highest BCUT2D eigenvalue weighted by molar-refractivity contribution is 7.11. The molecule has 0 unspecified atom stereocenters. The van der Waals surface area contributed by atoms with Crippen molar-refractivity contribution in [3.8, 4) is 0 Å². The Labute approximate surface area is 129 Å². The van der Waals surface area contributed by atoms with Crippen LogP contribution < -0.4 is 5.32 Å². The minimum Gasteiger partial charge on any atom is -0.342 e. The topological polar surface area (TPSA) is 29.9 Å². The quantitative estimate of drug-likeness (QED) is 0.773. The second kappa shape index (κ2) is 6.00. The zero-order chi connectivity index (χ0) is 14.8. The summed E-state index contributed by atoms with van der Waals surface area (Å²) >= 11 is 1.77. The van der Waals surface area contributed by atoms with Gasteiger partial charge in [0.15, 0.2) is 0 Å². The first kappa shape index (κ1) is 14.3. The Bertz CT molecular complexity index is 739. The number of nitrogens with zero attached hydrogens (tertiary/aromatic N) is 2. The summed E-state index contributed by atoms with van der Waals surface area (Å²) in [4.78, 5) is 5.64. The first-order chi connectivity index (χ1) is 10.1. The molecule has 110 valence electrons. The molecule has 0 aliphatic carbocycles. The first-order valence-corrected chi connectivity index (χ1v) is 8.16. The summed E-state index contributed by atoms with van der Waals surface area (Å²) in [6, 6.07) is 9.40. The highest BCUT2D eigenvalue weighted by Gasteiger charge is 2.05. The van der Waals surface area contributed by atoms with Crippen LogP contribution in [0.3, 0.4) is 0 Å². The van der Waals surface area contributed by atoms with E-state index in [2.05, 4.69) is 66.1 Å². The lowest BCUT2D eigenvalue weighted by Gasteiger charge is -2.09. The number of hydrogen-bond acceptors (Lipinski definition) is 3. The molecule has 1 N–H and O–H groups in total. The molecule has 0 aliphatic rings. The fourth-order valence-electron chi connectivity index (χ4n) is 2.45. The summed E-state index contributed by atoms with van der Waals surface area (Å²) in [7, 11) is 0. The average molecular weight is 299 g/mol. The second-order valence-corrected chi connectivity index (χ2v) is 7.04. The molecule has 3 nitrogen and oxygen atoms in total. The zero-order valence-corrected chi connectivity index (χ0v) is 13.6. The van der Waals surface area contributed by atoms with Crippen molar-refractivity contribution in [2.45, 2.75) is 39.9 Å². The van der Waals surface area contributed by atoms with Crippen molar-refractivity contribution in [2.24, 2.45) is 0 Å². The summed E-state index contributed by atoms with van der Waals surface area (Å²) < 4.78 is 2.31. The number of aromatic nitrogens is 2. The molecule has 1 aromatic carbocycles. The Kier molecular flexibility index (Phi) is 4.08. The number of hydrogen-bond donors (Lipinski definition) is 1. The lowest BCUT2D eigenvalue weighted by atomic mass is 10.1. The molecule has 3 aromatic rings. The van der Waals surface area contributed by atoms with E-state index in [0.29, 0.717) is 6.04 Å². The normalized spacial score (nSPS) is 11.6. The SMILES string of the molecule is Cc1ncc(Cn2ccc3ccc(CNC(C)C)cc32)s1. The lowest BCUT2D eigenvalue weighted by molar-refractivity contribution is 0.589.